The first kappa shape index (κ1) is 11.5. The van der Waals surface area contributed by atoms with Crippen molar-refractivity contribution in [3.05, 3.63) is 0 Å². The first-order valence-electron chi connectivity index (χ1n) is 4.00. The molecule has 0 radical (unpaired) electrons. The van der Waals surface area contributed by atoms with E-state index in [2.05, 4.69) is 38.0 Å². The zero-order valence-corrected chi connectivity index (χ0v) is 7.44. The summed E-state index contributed by atoms with van der Waals surface area (Å²) in [4.78, 5) is 2.41. The first-order chi connectivity index (χ1) is 4.55. The first-order valence-corrected chi connectivity index (χ1v) is 4.00. The number of nitrogens with zero attached hydrogens (tertiary/aromatic N) is 1. The van der Waals surface area contributed by atoms with E-state index in [0.29, 0.717) is 11.6 Å². The molecule has 0 bridgehead atoms. The Labute approximate surface area is 81.9 Å². The molecule has 1 saturated heterocycles. The van der Waals surface area contributed by atoms with Crippen molar-refractivity contribution in [3.8, 4) is 0 Å². The van der Waals surface area contributed by atoms with E-state index in [1.165, 1.54) is 0 Å². The predicted molar refractivity (Wildman–Crippen MR) is 51.3 cm³/mol. The summed E-state index contributed by atoms with van der Waals surface area (Å²) in [6.07, 6.45) is 0. The Kier molecular flexibility index (Phi) is 4.14. The van der Waals surface area contributed by atoms with E-state index < -0.39 is 0 Å². The van der Waals surface area contributed by atoms with Crippen LogP contribution in [0, 0.1) is 0 Å². The fraction of sp³-hybridized carbons (Fsp3) is 1.00. The van der Waals surface area contributed by atoms with Crippen LogP contribution in [0.5, 0.6) is 0 Å². The van der Waals surface area contributed by atoms with Crippen LogP contribution in [0.4, 0.5) is 0 Å². The summed E-state index contributed by atoms with van der Waals surface area (Å²) < 4.78 is 0. The molecule has 0 aromatic rings. The summed E-state index contributed by atoms with van der Waals surface area (Å²) in [6.45, 7) is 9.10. The van der Waals surface area contributed by atoms with Gasteiger partial charge in [0.15, 0.2) is 0 Å². The van der Waals surface area contributed by atoms with E-state index in [4.69, 9.17) is 0 Å². The van der Waals surface area contributed by atoms with Crippen LogP contribution in [0.2, 0.25) is 0 Å². The van der Waals surface area contributed by atoms with Gasteiger partial charge in [-0.15, -0.1) is 0 Å². The fourth-order valence-corrected chi connectivity index (χ4v) is 1.32. The molecule has 1 N–H and O–H groups in total. The molecule has 1 rings (SSSR count). The van der Waals surface area contributed by atoms with E-state index in [1.807, 2.05) is 0 Å². The minimum absolute atomic E-state index is 0. The van der Waals surface area contributed by atoms with Gasteiger partial charge in [0, 0.05) is 24.7 Å². The van der Waals surface area contributed by atoms with Crippen LogP contribution in [-0.4, -0.2) is 55.5 Å². The molecule has 0 spiro atoms. The van der Waals surface area contributed by atoms with Crippen LogP contribution in [0.15, 0.2) is 0 Å². The standard InChI is InChI=1S/C8H18N2.Li.H/c1-7-8(2,3)10(4)6-5-9-7;;/h7,9H,5-6H2,1-4H3;;. The predicted octanol–water partition coefficient (Wildman–Crippen LogP) is 0.0400. The average molecular weight is 150 g/mol. The van der Waals surface area contributed by atoms with Crippen molar-refractivity contribution in [3.63, 3.8) is 0 Å². The second-order valence-electron chi connectivity index (χ2n) is 3.75. The third-order valence-corrected chi connectivity index (χ3v) is 2.94. The number of piperazine rings is 1. The van der Waals surface area contributed by atoms with Gasteiger partial charge >= 0.3 is 18.9 Å². The Hall–Kier alpha value is 0.517. The molecule has 1 aliphatic heterocycles. The Morgan fingerprint density at radius 3 is 2.36 bits per heavy atom. The zero-order chi connectivity index (χ0) is 7.78. The van der Waals surface area contributed by atoms with Crippen LogP contribution < -0.4 is 5.32 Å². The van der Waals surface area contributed by atoms with Gasteiger partial charge in [0.1, 0.15) is 0 Å². The molecule has 0 aliphatic carbocycles. The van der Waals surface area contributed by atoms with Crippen LogP contribution in [0.3, 0.4) is 0 Å². The Bertz CT molecular complexity index is 113. The summed E-state index contributed by atoms with van der Waals surface area (Å²) in [6, 6.07) is 0.603. The number of nitrogens with one attached hydrogen (secondary N) is 1. The normalized spacial score (nSPS) is 31.1. The van der Waals surface area contributed by atoms with Gasteiger partial charge in [0.2, 0.25) is 0 Å². The maximum absolute atomic E-state index is 3.46. The summed E-state index contributed by atoms with van der Waals surface area (Å²) in [5, 5.41) is 3.46. The van der Waals surface area contributed by atoms with Crippen LogP contribution in [0.25, 0.3) is 0 Å². The number of hydrogen-bond acceptors (Lipinski definition) is 2. The molecular weight excluding hydrogens is 131 g/mol. The van der Waals surface area contributed by atoms with Crippen LogP contribution >= 0.6 is 0 Å². The third-order valence-electron chi connectivity index (χ3n) is 2.94. The summed E-state index contributed by atoms with van der Waals surface area (Å²) in [5.74, 6) is 0. The molecule has 1 heterocycles. The van der Waals surface area contributed by atoms with Crippen molar-refractivity contribution in [2.75, 3.05) is 20.1 Å². The molecule has 11 heavy (non-hydrogen) atoms. The molecule has 2 nitrogen and oxygen atoms in total. The van der Waals surface area contributed by atoms with Crippen molar-refractivity contribution in [1.82, 2.24) is 10.2 Å². The molecule has 1 unspecified atom stereocenters. The van der Waals surface area contributed by atoms with Gasteiger partial charge in [0.05, 0.1) is 0 Å². The Morgan fingerprint density at radius 1 is 1.45 bits per heavy atom. The molecule has 1 fully saturated rings. The van der Waals surface area contributed by atoms with Gasteiger partial charge in [-0.1, -0.05) is 0 Å². The van der Waals surface area contributed by atoms with E-state index in [0.717, 1.165) is 13.1 Å². The average Bonchev–Trinajstić information content (AvgIpc) is 1.84. The third kappa shape index (κ3) is 2.23. The minimum atomic E-state index is 0. The van der Waals surface area contributed by atoms with E-state index >= 15 is 0 Å². The Balaban J connectivity index is 0.000001000. The molecule has 0 amide bonds. The van der Waals surface area contributed by atoms with Gasteiger partial charge in [-0.3, -0.25) is 4.90 Å². The Morgan fingerprint density at radius 2 is 2.00 bits per heavy atom. The van der Waals surface area contributed by atoms with E-state index in [1.54, 1.807) is 0 Å². The monoisotopic (exact) mass is 150 g/mol. The SMILES string of the molecule is CC1NCCN(C)C1(C)C.[LiH]. The summed E-state index contributed by atoms with van der Waals surface area (Å²) in [7, 11) is 2.19. The number of rotatable bonds is 0. The second kappa shape index (κ2) is 3.96. The van der Waals surface area contributed by atoms with Crippen molar-refractivity contribution >= 4 is 18.9 Å². The van der Waals surface area contributed by atoms with Crippen molar-refractivity contribution in [2.24, 2.45) is 0 Å². The topological polar surface area (TPSA) is 15.3 Å². The number of hydrogen-bond donors (Lipinski definition) is 1. The van der Waals surface area contributed by atoms with Gasteiger partial charge in [-0.25, -0.2) is 0 Å². The van der Waals surface area contributed by atoms with Gasteiger partial charge in [-0.05, 0) is 27.8 Å². The van der Waals surface area contributed by atoms with Crippen molar-refractivity contribution in [1.29, 1.82) is 0 Å². The van der Waals surface area contributed by atoms with Crippen LogP contribution in [-0.2, 0) is 0 Å². The molecule has 0 aromatic carbocycles. The second-order valence-corrected chi connectivity index (χ2v) is 3.75. The molecule has 0 aromatic heterocycles. The summed E-state index contributed by atoms with van der Waals surface area (Å²) in [5.41, 5.74) is 0.318. The molecule has 62 valence electrons. The molecular formula is C8H19LiN2. The van der Waals surface area contributed by atoms with Gasteiger partial charge in [0.25, 0.3) is 0 Å². The quantitative estimate of drug-likeness (QED) is 0.490. The van der Waals surface area contributed by atoms with Crippen molar-refractivity contribution < 1.29 is 0 Å². The molecule has 3 heteroatoms. The van der Waals surface area contributed by atoms with E-state index in [-0.39, 0.29) is 18.9 Å². The molecule has 0 saturated carbocycles. The zero-order valence-electron chi connectivity index (χ0n) is 7.44. The molecule has 1 aliphatic rings. The maximum atomic E-state index is 3.46. The van der Waals surface area contributed by atoms with E-state index in [9.17, 15) is 0 Å². The van der Waals surface area contributed by atoms with Crippen molar-refractivity contribution in [2.45, 2.75) is 32.4 Å². The molecule has 1 atom stereocenters. The fourth-order valence-electron chi connectivity index (χ4n) is 1.32. The van der Waals surface area contributed by atoms with Crippen LogP contribution in [0.1, 0.15) is 20.8 Å². The van der Waals surface area contributed by atoms with Gasteiger partial charge < -0.3 is 5.32 Å². The number of likely N-dealkylation sites (N-methyl/N-ethyl adjacent to an activating group) is 1. The van der Waals surface area contributed by atoms with Gasteiger partial charge in [-0.2, -0.15) is 0 Å². The summed E-state index contributed by atoms with van der Waals surface area (Å²) >= 11 is 0.